The number of halogens is 1. The fraction of sp³-hybridized carbons (Fsp3) is 0.500. The molecule has 0 amide bonds. The van der Waals surface area contributed by atoms with E-state index in [0.29, 0.717) is 17.6 Å². The summed E-state index contributed by atoms with van der Waals surface area (Å²) < 4.78 is 23.8. The van der Waals surface area contributed by atoms with Crippen LogP contribution in [0.2, 0.25) is 4.34 Å². The van der Waals surface area contributed by atoms with Crippen LogP contribution in [-0.4, -0.2) is 32.2 Å². The van der Waals surface area contributed by atoms with Crippen LogP contribution < -0.4 is 0 Å². The summed E-state index contributed by atoms with van der Waals surface area (Å²) in [6, 6.07) is 3.70. The molecular formula is C12H19ClNO3PS. The number of nitrogens with zero attached hydrogens (tertiary/aromatic N) is 1. The van der Waals surface area contributed by atoms with Gasteiger partial charge in [-0.2, -0.15) is 0 Å². The molecule has 1 rings (SSSR count). The third-order valence-corrected chi connectivity index (χ3v) is 5.26. The summed E-state index contributed by atoms with van der Waals surface area (Å²) in [6.07, 6.45) is 0. The van der Waals surface area contributed by atoms with E-state index >= 15 is 0 Å². The van der Waals surface area contributed by atoms with Gasteiger partial charge in [0.1, 0.15) is 0 Å². The largest absolute Gasteiger partial charge is 0.376 e. The highest BCUT2D eigenvalue weighted by Crippen LogP contribution is 2.52. The lowest BCUT2D eigenvalue weighted by atomic mass is 10.3. The molecule has 7 heteroatoms. The van der Waals surface area contributed by atoms with Crippen LogP contribution >= 0.6 is 30.5 Å². The second-order valence-corrected chi connectivity index (χ2v) is 7.46. The minimum absolute atomic E-state index is 0.333. The predicted molar refractivity (Wildman–Crippen MR) is 81.9 cm³/mol. The Labute approximate surface area is 123 Å². The van der Waals surface area contributed by atoms with Gasteiger partial charge in [0.05, 0.1) is 33.9 Å². The van der Waals surface area contributed by atoms with E-state index in [1.54, 1.807) is 19.7 Å². The summed E-state index contributed by atoms with van der Waals surface area (Å²) in [5.74, 6) is 1.56. The highest BCUT2D eigenvalue weighted by Gasteiger charge is 2.23. The number of rotatable bonds is 7. The van der Waals surface area contributed by atoms with E-state index in [-0.39, 0.29) is 0 Å². The van der Waals surface area contributed by atoms with Crippen LogP contribution in [0.25, 0.3) is 5.70 Å². The topological polar surface area (TPSA) is 38.8 Å². The third kappa shape index (κ3) is 4.93. The fourth-order valence-electron chi connectivity index (χ4n) is 1.47. The van der Waals surface area contributed by atoms with Gasteiger partial charge in [0, 0.05) is 14.1 Å². The molecule has 4 nitrogen and oxygen atoms in total. The molecule has 1 aromatic heterocycles. The van der Waals surface area contributed by atoms with Gasteiger partial charge in [0.25, 0.3) is 0 Å². The minimum atomic E-state index is -3.23. The Hall–Kier alpha value is -0.320. The molecule has 108 valence electrons. The van der Waals surface area contributed by atoms with Crippen molar-refractivity contribution >= 4 is 36.2 Å². The van der Waals surface area contributed by atoms with Gasteiger partial charge in [-0.15, -0.1) is 11.3 Å². The lowest BCUT2D eigenvalue weighted by Gasteiger charge is -2.19. The van der Waals surface area contributed by atoms with Crippen molar-refractivity contribution in [2.45, 2.75) is 13.8 Å². The van der Waals surface area contributed by atoms with E-state index in [4.69, 9.17) is 20.6 Å². The van der Waals surface area contributed by atoms with E-state index in [2.05, 4.69) is 0 Å². The lowest BCUT2D eigenvalue weighted by molar-refractivity contribution is 0.228. The van der Waals surface area contributed by atoms with Crippen LogP contribution in [0.1, 0.15) is 18.7 Å². The van der Waals surface area contributed by atoms with Gasteiger partial charge < -0.3 is 13.9 Å². The van der Waals surface area contributed by atoms with Crippen molar-refractivity contribution in [2.24, 2.45) is 0 Å². The van der Waals surface area contributed by atoms with Gasteiger partial charge in [0.2, 0.25) is 0 Å². The van der Waals surface area contributed by atoms with Gasteiger partial charge in [-0.3, -0.25) is 4.57 Å². The van der Waals surface area contributed by atoms with Gasteiger partial charge in [0.15, 0.2) is 0 Å². The Morgan fingerprint density at radius 2 is 1.95 bits per heavy atom. The van der Waals surface area contributed by atoms with Gasteiger partial charge in [-0.05, 0) is 26.0 Å². The second kappa shape index (κ2) is 7.46. The van der Waals surface area contributed by atoms with Gasteiger partial charge >= 0.3 is 7.60 Å². The van der Waals surface area contributed by atoms with Crippen molar-refractivity contribution in [1.82, 2.24) is 4.90 Å². The SMILES string of the molecule is CCOP(=O)(C=C(c1ccc(Cl)s1)N(C)C)OCC. The van der Waals surface area contributed by atoms with Crippen molar-refractivity contribution in [1.29, 1.82) is 0 Å². The zero-order valence-corrected chi connectivity index (χ0v) is 14.0. The molecule has 0 bridgehead atoms. The van der Waals surface area contributed by atoms with Crippen molar-refractivity contribution < 1.29 is 13.6 Å². The monoisotopic (exact) mass is 323 g/mol. The fourth-order valence-corrected chi connectivity index (χ4v) is 4.31. The van der Waals surface area contributed by atoms with Crippen LogP contribution in [0.15, 0.2) is 17.9 Å². The molecule has 1 heterocycles. The molecule has 0 N–H and O–H groups in total. The molecule has 0 spiro atoms. The molecule has 0 aliphatic rings. The molecule has 0 unspecified atom stereocenters. The van der Waals surface area contributed by atoms with Crippen molar-refractivity contribution in [2.75, 3.05) is 27.3 Å². The Kier molecular flexibility index (Phi) is 6.57. The van der Waals surface area contributed by atoms with Crippen molar-refractivity contribution in [3.63, 3.8) is 0 Å². The second-order valence-electron chi connectivity index (χ2n) is 3.89. The number of thiophene rings is 1. The highest BCUT2D eigenvalue weighted by atomic mass is 35.5. The third-order valence-electron chi connectivity index (χ3n) is 2.21. The Balaban J connectivity index is 3.16. The highest BCUT2D eigenvalue weighted by molar-refractivity contribution is 7.57. The Morgan fingerprint density at radius 3 is 2.32 bits per heavy atom. The quantitative estimate of drug-likeness (QED) is 0.691. The summed E-state index contributed by atoms with van der Waals surface area (Å²) in [5, 5.41) is 0. The van der Waals surface area contributed by atoms with E-state index in [1.807, 2.05) is 31.1 Å². The van der Waals surface area contributed by atoms with Crippen LogP contribution in [-0.2, 0) is 13.6 Å². The molecule has 0 saturated heterocycles. The maximum atomic E-state index is 12.5. The molecule has 0 fully saturated rings. The molecule has 0 saturated carbocycles. The van der Waals surface area contributed by atoms with Crippen molar-refractivity contribution in [3.8, 4) is 0 Å². The maximum Gasteiger partial charge on any atom is 0.356 e. The summed E-state index contributed by atoms with van der Waals surface area (Å²) in [7, 11) is 0.528. The smallest absolute Gasteiger partial charge is 0.356 e. The van der Waals surface area contributed by atoms with E-state index in [0.717, 1.165) is 10.6 Å². The van der Waals surface area contributed by atoms with E-state index < -0.39 is 7.60 Å². The van der Waals surface area contributed by atoms with E-state index in [1.165, 1.54) is 11.3 Å². The predicted octanol–water partition coefficient (Wildman–Crippen LogP) is 4.53. The first kappa shape index (κ1) is 16.7. The average molecular weight is 324 g/mol. The Bertz CT molecular complexity index is 477. The molecule has 0 radical (unpaired) electrons. The van der Waals surface area contributed by atoms with Gasteiger partial charge in [-0.1, -0.05) is 11.6 Å². The molecule has 0 aromatic carbocycles. The number of hydrogen-bond donors (Lipinski definition) is 0. The van der Waals surface area contributed by atoms with Gasteiger partial charge in [-0.25, -0.2) is 0 Å². The first-order valence-corrected chi connectivity index (χ1v) is 8.77. The summed E-state index contributed by atoms with van der Waals surface area (Å²) in [6.45, 7) is 4.24. The van der Waals surface area contributed by atoms with Crippen LogP contribution in [0.4, 0.5) is 0 Å². The first-order valence-electron chi connectivity index (χ1n) is 5.96. The standard InChI is InChI=1S/C12H19ClNO3PS/c1-5-16-18(15,17-6-2)9-10(14(3)4)11-7-8-12(13)19-11/h7-9H,5-6H2,1-4H3. The minimum Gasteiger partial charge on any atom is -0.376 e. The normalized spacial score (nSPS) is 12.8. The molecule has 19 heavy (non-hydrogen) atoms. The maximum absolute atomic E-state index is 12.5. The summed E-state index contributed by atoms with van der Waals surface area (Å²) >= 11 is 7.37. The molecule has 0 aliphatic heterocycles. The Morgan fingerprint density at radius 1 is 1.37 bits per heavy atom. The van der Waals surface area contributed by atoms with Crippen LogP contribution in [0.3, 0.4) is 0 Å². The van der Waals surface area contributed by atoms with Crippen LogP contribution in [0, 0.1) is 0 Å². The molecule has 0 atom stereocenters. The average Bonchev–Trinajstić information content (AvgIpc) is 2.73. The zero-order valence-electron chi connectivity index (χ0n) is 11.6. The molecule has 0 aliphatic carbocycles. The lowest BCUT2D eigenvalue weighted by Crippen LogP contribution is -2.09. The summed E-state index contributed by atoms with van der Waals surface area (Å²) in [5.41, 5.74) is 0.780. The summed E-state index contributed by atoms with van der Waals surface area (Å²) in [4.78, 5) is 2.79. The van der Waals surface area contributed by atoms with Crippen molar-refractivity contribution in [3.05, 3.63) is 27.2 Å². The zero-order chi connectivity index (χ0) is 14.5. The number of hydrogen-bond acceptors (Lipinski definition) is 5. The van der Waals surface area contributed by atoms with Crippen LogP contribution in [0.5, 0.6) is 0 Å². The first-order chi connectivity index (χ1) is 8.91. The molecular weight excluding hydrogens is 305 g/mol. The van der Waals surface area contributed by atoms with E-state index in [9.17, 15) is 4.57 Å². The molecule has 1 aromatic rings.